The second-order valence-electron chi connectivity index (χ2n) is 3.00. The molecule has 0 bridgehead atoms. The summed E-state index contributed by atoms with van der Waals surface area (Å²) in [6, 6.07) is 0. The summed E-state index contributed by atoms with van der Waals surface area (Å²) in [6.45, 7) is 0. The summed E-state index contributed by atoms with van der Waals surface area (Å²) in [5.74, 6) is 0. The van der Waals surface area contributed by atoms with Crippen molar-refractivity contribution in [3.63, 3.8) is 0 Å². The van der Waals surface area contributed by atoms with E-state index in [0.29, 0.717) is 0 Å². The molecular weight excluding hydrogens is 191 g/mol. The quantitative estimate of drug-likeness (QED) is 0.695. The second kappa shape index (κ2) is 5.89. The smallest absolute Gasteiger partial charge is 0.169 e. The lowest BCUT2D eigenvalue weighted by Crippen LogP contribution is -2.11. The SMILES string of the molecule is COP(CCC1CCC(O)O1)OC. The minimum absolute atomic E-state index is 0.185. The topological polar surface area (TPSA) is 47.9 Å². The first-order chi connectivity index (χ1) is 6.26. The van der Waals surface area contributed by atoms with E-state index < -0.39 is 14.7 Å². The van der Waals surface area contributed by atoms with Crippen molar-refractivity contribution in [2.45, 2.75) is 31.7 Å². The zero-order chi connectivity index (χ0) is 9.68. The summed E-state index contributed by atoms with van der Waals surface area (Å²) in [6.07, 6.45) is 3.11. The summed E-state index contributed by atoms with van der Waals surface area (Å²) in [7, 11) is 2.56. The molecule has 1 fully saturated rings. The Bertz CT molecular complexity index is 140. The van der Waals surface area contributed by atoms with E-state index in [2.05, 4.69) is 0 Å². The molecule has 0 saturated carbocycles. The summed E-state index contributed by atoms with van der Waals surface area (Å²) in [5.41, 5.74) is 0. The van der Waals surface area contributed by atoms with Gasteiger partial charge in [-0.2, -0.15) is 0 Å². The van der Waals surface area contributed by atoms with Gasteiger partial charge in [-0.1, -0.05) is 0 Å². The van der Waals surface area contributed by atoms with Crippen molar-refractivity contribution in [3.8, 4) is 0 Å². The Balaban J connectivity index is 2.11. The van der Waals surface area contributed by atoms with Crippen LogP contribution in [0.15, 0.2) is 0 Å². The van der Waals surface area contributed by atoms with Crippen molar-refractivity contribution in [1.82, 2.24) is 0 Å². The predicted octanol–water partition coefficient (Wildman–Crippen LogP) is 1.48. The van der Waals surface area contributed by atoms with Crippen LogP contribution in [0.25, 0.3) is 0 Å². The monoisotopic (exact) mass is 208 g/mol. The predicted molar refractivity (Wildman–Crippen MR) is 50.5 cm³/mol. The highest BCUT2D eigenvalue weighted by Gasteiger charge is 2.23. The molecule has 0 spiro atoms. The summed E-state index contributed by atoms with van der Waals surface area (Å²) >= 11 is 0. The maximum atomic E-state index is 9.10. The van der Waals surface area contributed by atoms with E-state index in [4.69, 9.17) is 18.9 Å². The van der Waals surface area contributed by atoms with E-state index in [-0.39, 0.29) is 6.10 Å². The van der Waals surface area contributed by atoms with Gasteiger partial charge in [0.1, 0.15) is 0 Å². The van der Waals surface area contributed by atoms with Crippen LogP contribution in [0, 0.1) is 0 Å². The normalized spacial score (nSPS) is 28.6. The third kappa shape index (κ3) is 3.88. The first-order valence-electron chi connectivity index (χ1n) is 4.45. The van der Waals surface area contributed by atoms with Gasteiger partial charge in [-0.25, -0.2) is 0 Å². The minimum Gasteiger partial charge on any atom is -0.368 e. The summed E-state index contributed by atoms with van der Waals surface area (Å²) in [4.78, 5) is 0. The van der Waals surface area contributed by atoms with Crippen LogP contribution in [0.1, 0.15) is 19.3 Å². The van der Waals surface area contributed by atoms with Crippen LogP contribution in [0.5, 0.6) is 0 Å². The zero-order valence-electron chi connectivity index (χ0n) is 8.10. The van der Waals surface area contributed by atoms with E-state index in [1.165, 1.54) is 0 Å². The third-order valence-corrected chi connectivity index (χ3v) is 3.56. The molecule has 1 rings (SSSR count). The van der Waals surface area contributed by atoms with Crippen LogP contribution in [-0.2, 0) is 13.8 Å². The standard InChI is InChI=1S/C8H17O4P/c1-10-13(11-2)6-5-7-3-4-8(9)12-7/h7-9H,3-6H2,1-2H3. The van der Waals surface area contributed by atoms with Crippen molar-refractivity contribution >= 4 is 8.38 Å². The molecule has 2 atom stereocenters. The van der Waals surface area contributed by atoms with E-state index >= 15 is 0 Å². The van der Waals surface area contributed by atoms with Gasteiger partial charge in [0.05, 0.1) is 6.10 Å². The molecule has 2 unspecified atom stereocenters. The Morgan fingerprint density at radius 1 is 1.38 bits per heavy atom. The number of hydrogen-bond acceptors (Lipinski definition) is 4. The molecule has 1 saturated heterocycles. The fraction of sp³-hybridized carbons (Fsp3) is 1.00. The van der Waals surface area contributed by atoms with Crippen molar-refractivity contribution in [2.24, 2.45) is 0 Å². The Morgan fingerprint density at radius 2 is 2.08 bits per heavy atom. The van der Waals surface area contributed by atoms with Crippen molar-refractivity contribution in [1.29, 1.82) is 0 Å². The first kappa shape index (κ1) is 11.3. The maximum Gasteiger partial charge on any atom is 0.169 e. The van der Waals surface area contributed by atoms with Crippen LogP contribution in [0.2, 0.25) is 0 Å². The van der Waals surface area contributed by atoms with Crippen molar-refractivity contribution in [2.75, 3.05) is 20.4 Å². The van der Waals surface area contributed by atoms with E-state index in [0.717, 1.165) is 25.4 Å². The molecule has 13 heavy (non-hydrogen) atoms. The first-order valence-corrected chi connectivity index (χ1v) is 5.81. The Labute approximate surface area is 80.1 Å². The van der Waals surface area contributed by atoms with Gasteiger partial charge >= 0.3 is 0 Å². The van der Waals surface area contributed by atoms with Gasteiger partial charge in [0.2, 0.25) is 0 Å². The number of aliphatic hydroxyl groups excluding tert-OH is 1. The summed E-state index contributed by atoms with van der Waals surface area (Å²) < 4.78 is 15.5. The van der Waals surface area contributed by atoms with Gasteiger partial charge in [-0.3, -0.25) is 0 Å². The molecule has 5 heteroatoms. The minimum atomic E-state index is -0.748. The Hall–Kier alpha value is 0.270. The molecule has 1 heterocycles. The second-order valence-corrected chi connectivity index (χ2v) is 4.84. The molecule has 0 amide bonds. The molecule has 1 aliphatic rings. The molecule has 0 radical (unpaired) electrons. The largest absolute Gasteiger partial charge is 0.368 e. The molecule has 0 aromatic carbocycles. The summed E-state index contributed by atoms with van der Waals surface area (Å²) in [5, 5.41) is 9.10. The Kier molecular flexibility index (Phi) is 5.14. The van der Waals surface area contributed by atoms with E-state index in [1.807, 2.05) is 0 Å². The van der Waals surface area contributed by atoms with Gasteiger partial charge < -0.3 is 18.9 Å². The van der Waals surface area contributed by atoms with Crippen LogP contribution in [-0.4, -0.2) is 37.9 Å². The number of ether oxygens (including phenoxy) is 1. The number of rotatable bonds is 5. The Morgan fingerprint density at radius 3 is 2.54 bits per heavy atom. The fourth-order valence-corrected chi connectivity index (χ4v) is 2.42. The molecule has 0 aliphatic carbocycles. The van der Waals surface area contributed by atoms with E-state index in [1.54, 1.807) is 14.2 Å². The lowest BCUT2D eigenvalue weighted by Gasteiger charge is -2.14. The van der Waals surface area contributed by atoms with Crippen molar-refractivity contribution in [3.05, 3.63) is 0 Å². The van der Waals surface area contributed by atoms with Crippen LogP contribution in [0.4, 0.5) is 0 Å². The molecule has 4 nitrogen and oxygen atoms in total. The maximum absolute atomic E-state index is 9.10. The molecule has 0 aromatic rings. The lowest BCUT2D eigenvalue weighted by atomic mass is 10.2. The average molecular weight is 208 g/mol. The van der Waals surface area contributed by atoms with E-state index in [9.17, 15) is 0 Å². The van der Waals surface area contributed by atoms with Crippen LogP contribution >= 0.6 is 8.38 Å². The van der Waals surface area contributed by atoms with Gasteiger partial charge in [0.25, 0.3) is 0 Å². The van der Waals surface area contributed by atoms with Gasteiger partial charge in [0.15, 0.2) is 14.7 Å². The highest BCUT2D eigenvalue weighted by atomic mass is 31.2. The molecular formula is C8H17O4P. The average Bonchev–Trinajstić information content (AvgIpc) is 2.53. The third-order valence-electron chi connectivity index (χ3n) is 2.13. The molecule has 0 aromatic heterocycles. The van der Waals surface area contributed by atoms with Crippen molar-refractivity contribution < 1.29 is 18.9 Å². The van der Waals surface area contributed by atoms with Gasteiger partial charge in [-0.15, -0.1) is 0 Å². The molecule has 1 aliphatic heterocycles. The van der Waals surface area contributed by atoms with Gasteiger partial charge in [-0.05, 0) is 12.8 Å². The molecule has 78 valence electrons. The molecule has 1 N–H and O–H groups in total. The fourth-order valence-electron chi connectivity index (χ4n) is 1.41. The van der Waals surface area contributed by atoms with Crippen LogP contribution in [0.3, 0.4) is 0 Å². The highest BCUT2D eigenvalue weighted by Crippen LogP contribution is 2.38. The number of hydrogen-bond donors (Lipinski definition) is 1. The lowest BCUT2D eigenvalue weighted by molar-refractivity contribution is -0.0904. The number of aliphatic hydroxyl groups is 1. The van der Waals surface area contributed by atoms with Crippen LogP contribution < -0.4 is 0 Å². The van der Waals surface area contributed by atoms with Gasteiger partial charge in [0, 0.05) is 26.8 Å². The zero-order valence-corrected chi connectivity index (χ0v) is 9.00. The highest BCUT2D eigenvalue weighted by molar-refractivity contribution is 7.47.